The van der Waals surface area contributed by atoms with E-state index >= 15 is 0 Å². The van der Waals surface area contributed by atoms with Gasteiger partial charge in [0.1, 0.15) is 17.2 Å². The Kier molecular flexibility index (Phi) is 7.69. The van der Waals surface area contributed by atoms with E-state index < -0.39 is 5.91 Å². The van der Waals surface area contributed by atoms with Crippen LogP contribution in [-0.4, -0.2) is 45.3 Å². The largest absolute Gasteiger partial charge is 0.383 e. The highest BCUT2D eigenvalue weighted by atomic mass is 16.5. The third kappa shape index (κ3) is 5.88. The second-order valence-electron chi connectivity index (χ2n) is 11.0. The molecule has 0 spiro atoms. The SMILES string of the molecule is COCCNCc1cc(C(=O)Nc2cc(-c3ccc(C#N)cc3-c3nccn3C)cc(C3CC3)n2)c(=O)n(C2CC2)c1. The number of methoxy groups -OCH3 is 1. The quantitative estimate of drug-likeness (QED) is 0.259. The smallest absolute Gasteiger partial charge is 0.263 e. The van der Waals surface area contributed by atoms with E-state index in [0.29, 0.717) is 37.0 Å². The zero-order valence-corrected chi connectivity index (χ0v) is 23.8. The molecule has 2 aliphatic rings. The van der Waals surface area contributed by atoms with Crippen LogP contribution in [0.1, 0.15) is 64.8 Å². The predicted octanol–water partition coefficient (Wildman–Crippen LogP) is 4.38. The maximum atomic E-state index is 13.6. The Morgan fingerprint density at radius 3 is 2.67 bits per heavy atom. The van der Waals surface area contributed by atoms with Gasteiger partial charge in [-0.3, -0.25) is 9.59 Å². The Labute approximate surface area is 244 Å². The molecule has 3 aromatic heterocycles. The Hall–Kier alpha value is -4.59. The Bertz CT molecular complexity index is 1740. The molecule has 2 saturated carbocycles. The minimum atomic E-state index is -0.483. The van der Waals surface area contributed by atoms with Crippen molar-refractivity contribution in [2.45, 2.75) is 44.2 Å². The van der Waals surface area contributed by atoms with E-state index in [-0.39, 0.29) is 17.2 Å². The van der Waals surface area contributed by atoms with Crippen molar-refractivity contribution >= 4 is 11.7 Å². The topological polar surface area (TPSA) is 127 Å². The van der Waals surface area contributed by atoms with Crippen LogP contribution in [0.5, 0.6) is 0 Å². The van der Waals surface area contributed by atoms with Gasteiger partial charge in [-0.15, -0.1) is 0 Å². The summed E-state index contributed by atoms with van der Waals surface area (Å²) in [4.78, 5) is 36.3. The van der Waals surface area contributed by atoms with Gasteiger partial charge in [-0.2, -0.15) is 5.26 Å². The molecule has 214 valence electrons. The van der Waals surface area contributed by atoms with Crippen molar-refractivity contribution in [2.75, 3.05) is 25.6 Å². The monoisotopic (exact) mass is 563 g/mol. The first kappa shape index (κ1) is 27.6. The molecular weight excluding hydrogens is 530 g/mol. The average molecular weight is 564 g/mol. The van der Waals surface area contributed by atoms with Gasteiger partial charge in [0.25, 0.3) is 11.5 Å². The molecule has 4 aromatic rings. The fourth-order valence-electron chi connectivity index (χ4n) is 5.17. The lowest BCUT2D eigenvalue weighted by Crippen LogP contribution is -2.30. The number of nitrogens with one attached hydrogen (secondary N) is 2. The highest BCUT2D eigenvalue weighted by Gasteiger charge is 2.29. The first-order chi connectivity index (χ1) is 20.4. The van der Waals surface area contributed by atoms with Gasteiger partial charge in [0.2, 0.25) is 0 Å². The van der Waals surface area contributed by atoms with Crippen molar-refractivity contribution in [1.82, 2.24) is 24.4 Å². The molecule has 0 bridgehead atoms. The number of anilines is 1. The number of hydrogen-bond donors (Lipinski definition) is 2. The maximum absolute atomic E-state index is 13.6. The van der Waals surface area contributed by atoms with Crippen LogP contribution in [-0.2, 0) is 18.3 Å². The Morgan fingerprint density at radius 1 is 1.14 bits per heavy atom. The number of carbonyl (C=O) groups is 1. The van der Waals surface area contributed by atoms with Gasteiger partial charge in [0.15, 0.2) is 0 Å². The van der Waals surface area contributed by atoms with Crippen LogP contribution in [0, 0.1) is 11.3 Å². The van der Waals surface area contributed by atoms with Crippen LogP contribution in [0.2, 0.25) is 0 Å². The van der Waals surface area contributed by atoms with E-state index in [1.165, 1.54) is 0 Å². The number of amides is 1. The minimum Gasteiger partial charge on any atom is -0.383 e. The van der Waals surface area contributed by atoms with Crippen LogP contribution < -0.4 is 16.2 Å². The molecule has 0 saturated heterocycles. The van der Waals surface area contributed by atoms with Crippen LogP contribution >= 0.6 is 0 Å². The van der Waals surface area contributed by atoms with Crippen molar-refractivity contribution in [3.05, 3.63) is 87.7 Å². The first-order valence-electron chi connectivity index (χ1n) is 14.3. The van der Waals surface area contributed by atoms with Gasteiger partial charge in [-0.1, -0.05) is 6.07 Å². The molecule has 2 fully saturated rings. The van der Waals surface area contributed by atoms with Crippen molar-refractivity contribution < 1.29 is 9.53 Å². The van der Waals surface area contributed by atoms with Gasteiger partial charge in [0.05, 0.1) is 18.2 Å². The van der Waals surface area contributed by atoms with E-state index in [0.717, 1.165) is 59.5 Å². The third-order valence-corrected chi connectivity index (χ3v) is 7.70. The highest BCUT2D eigenvalue weighted by Crippen LogP contribution is 2.42. The molecule has 10 heteroatoms. The van der Waals surface area contributed by atoms with Gasteiger partial charge < -0.3 is 24.5 Å². The summed E-state index contributed by atoms with van der Waals surface area (Å²) >= 11 is 0. The van der Waals surface area contributed by atoms with E-state index in [9.17, 15) is 14.9 Å². The normalized spacial score (nSPS) is 14.5. The van der Waals surface area contributed by atoms with E-state index in [2.05, 4.69) is 21.7 Å². The van der Waals surface area contributed by atoms with Crippen LogP contribution in [0.15, 0.2) is 59.8 Å². The molecule has 2 aliphatic carbocycles. The molecule has 0 unspecified atom stereocenters. The lowest BCUT2D eigenvalue weighted by Gasteiger charge is -2.15. The second kappa shape index (κ2) is 11.7. The summed E-state index contributed by atoms with van der Waals surface area (Å²) in [5.41, 5.74) is 4.64. The zero-order valence-electron chi connectivity index (χ0n) is 23.8. The molecule has 1 aromatic carbocycles. The number of rotatable bonds is 11. The summed E-state index contributed by atoms with van der Waals surface area (Å²) in [5.74, 6) is 0.956. The molecule has 42 heavy (non-hydrogen) atoms. The van der Waals surface area contributed by atoms with Crippen molar-refractivity contribution in [3.63, 3.8) is 0 Å². The average Bonchev–Trinajstić information content (AvgIpc) is 3.93. The summed E-state index contributed by atoms with van der Waals surface area (Å²) in [6, 6.07) is 13.4. The van der Waals surface area contributed by atoms with Crippen molar-refractivity contribution in [3.8, 4) is 28.6 Å². The molecule has 0 atom stereocenters. The zero-order chi connectivity index (χ0) is 29.2. The van der Waals surface area contributed by atoms with Crippen LogP contribution in [0.3, 0.4) is 0 Å². The molecule has 2 N–H and O–H groups in total. The molecule has 10 nitrogen and oxygen atoms in total. The summed E-state index contributed by atoms with van der Waals surface area (Å²) < 4.78 is 8.71. The molecule has 1 amide bonds. The van der Waals surface area contributed by atoms with Gasteiger partial charge in [-0.25, -0.2) is 9.97 Å². The molecule has 0 aliphatic heterocycles. The predicted molar refractivity (Wildman–Crippen MR) is 159 cm³/mol. The van der Waals surface area contributed by atoms with Crippen molar-refractivity contribution in [1.29, 1.82) is 5.26 Å². The maximum Gasteiger partial charge on any atom is 0.263 e. The fraction of sp³-hybridized carbons (Fsp3) is 0.344. The van der Waals surface area contributed by atoms with E-state index in [1.54, 1.807) is 30.0 Å². The van der Waals surface area contributed by atoms with Gasteiger partial charge in [-0.05, 0) is 72.7 Å². The number of imidazole rings is 1. The number of aryl methyl sites for hydroxylation is 1. The third-order valence-electron chi connectivity index (χ3n) is 7.70. The first-order valence-corrected chi connectivity index (χ1v) is 14.3. The molecule has 3 heterocycles. The number of pyridine rings is 2. The van der Waals surface area contributed by atoms with Gasteiger partial charge in [0, 0.05) is 69.1 Å². The second-order valence-corrected chi connectivity index (χ2v) is 11.0. The highest BCUT2D eigenvalue weighted by molar-refractivity contribution is 6.04. The fourth-order valence-corrected chi connectivity index (χ4v) is 5.17. The number of nitrogens with zero attached hydrogens (tertiary/aromatic N) is 5. The number of nitriles is 1. The van der Waals surface area contributed by atoms with E-state index in [4.69, 9.17) is 9.72 Å². The number of carbonyl (C=O) groups excluding carboxylic acids is 1. The molecular formula is C32H33N7O3. The number of hydrogen-bond acceptors (Lipinski definition) is 7. The molecule has 6 rings (SSSR count). The molecule has 0 radical (unpaired) electrons. The van der Waals surface area contributed by atoms with E-state index in [1.807, 2.05) is 48.3 Å². The minimum absolute atomic E-state index is 0.0974. The summed E-state index contributed by atoms with van der Waals surface area (Å²) in [7, 11) is 3.56. The lowest BCUT2D eigenvalue weighted by molar-refractivity contribution is 0.102. The summed E-state index contributed by atoms with van der Waals surface area (Å²) in [5, 5.41) is 15.8. The number of ether oxygens (including phenoxy) is 1. The summed E-state index contributed by atoms with van der Waals surface area (Å²) in [6.07, 6.45) is 9.37. The number of aromatic nitrogens is 4. The van der Waals surface area contributed by atoms with Crippen molar-refractivity contribution in [2.24, 2.45) is 7.05 Å². The van der Waals surface area contributed by atoms with Gasteiger partial charge >= 0.3 is 0 Å². The Morgan fingerprint density at radius 2 is 1.98 bits per heavy atom. The number of benzene rings is 1. The Balaban J connectivity index is 1.36. The lowest BCUT2D eigenvalue weighted by atomic mass is 9.96. The standard InChI is InChI=1S/C32H33N7O3/c1-38-11-9-35-30(38)26-13-20(17-33)3-8-25(26)23-15-28(22-4-5-22)36-29(16-23)37-31(40)27-14-21(18-34-10-12-42-2)19-39(32(27)41)24-6-7-24/h3,8-9,11,13-16,19,22,24,34H,4-7,10,12,18H2,1-2H3,(H,36,37,40). The van der Waals surface area contributed by atoms with Crippen LogP contribution in [0.25, 0.3) is 22.5 Å². The van der Waals surface area contributed by atoms with Crippen LogP contribution in [0.4, 0.5) is 5.82 Å². The summed E-state index contributed by atoms with van der Waals surface area (Å²) in [6.45, 7) is 1.75.